The highest BCUT2D eigenvalue weighted by molar-refractivity contribution is 4.95. The van der Waals surface area contributed by atoms with E-state index >= 15 is 0 Å². The van der Waals surface area contributed by atoms with E-state index in [0.717, 1.165) is 26.1 Å². The van der Waals surface area contributed by atoms with E-state index in [1.54, 1.807) is 0 Å². The van der Waals surface area contributed by atoms with E-state index in [1.807, 2.05) is 6.92 Å². The van der Waals surface area contributed by atoms with Gasteiger partial charge in [-0.3, -0.25) is 0 Å². The van der Waals surface area contributed by atoms with Crippen LogP contribution in [0.2, 0.25) is 0 Å². The third-order valence-electron chi connectivity index (χ3n) is 2.91. The van der Waals surface area contributed by atoms with Crippen molar-refractivity contribution in [3.05, 3.63) is 0 Å². The molecule has 2 aliphatic rings. The van der Waals surface area contributed by atoms with Crippen molar-refractivity contribution in [2.75, 3.05) is 19.8 Å². The van der Waals surface area contributed by atoms with Crippen LogP contribution in [0.25, 0.3) is 0 Å². The molecule has 1 saturated carbocycles. The average molecular weight is 201 g/mol. The predicted octanol–water partition coefficient (Wildman–Crippen LogP) is 0.297. The number of rotatable bonds is 4. The Balaban J connectivity index is 1.75. The van der Waals surface area contributed by atoms with Gasteiger partial charge in [-0.15, -0.1) is 0 Å². The molecule has 2 fully saturated rings. The molecular weight excluding hydrogens is 182 g/mol. The van der Waals surface area contributed by atoms with Crippen molar-refractivity contribution >= 4 is 0 Å². The summed E-state index contributed by atoms with van der Waals surface area (Å²) in [4.78, 5) is 0. The monoisotopic (exact) mass is 201 g/mol. The van der Waals surface area contributed by atoms with Crippen molar-refractivity contribution in [2.24, 2.45) is 5.73 Å². The van der Waals surface area contributed by atoms with Crippen molar-refractivity contribution in [3.8, 4) is 0 Å². The lowest BCUT2D eigenvalue weighted by Gasteiger charge is -2.42. The first kappa shape index (κ1) is 10.4. The third kappa shape index (κ3) is 2.08. The summed E-state index contributed by atoms with van der Waals surface area (Å²) < 4.78 is 16.6. The van der Waals surface area contributed by atoms with Crippen LogP contribution in [0.1, 0.15) is 19.8 Å². The fourth-order valence-electron chi connectivity index (χ4n) is 2.04. The zero-order valence-corrected chi connectivity index (χ0v) is 8.65. The Morgan fingerprint density at radius 1 is 1.50 bits per heavy atom. The molecule has 4 atom stereocenters. The molecule has 1 aliphatic heterocycles. The van der Waals surface area contributed by atoms with Gasteiger partial charge in [0.05, 0.1) is 24.9 Å². The second kappa shape index (κ2) is 4.57. The minimum Gasteiger partial charge on any atom is -0.379 e. The average Bonchev–Trinajstić information content (AvgIpc) is 2.66. The van der Waals surface area contributed by atoms with Gasteiger partial charge in [-0.1, -0.05) is 0 Å². The zero-order chi connectivity index (χ0) is 9.97. The summed E-state index contributed by atoms with van der Waals surface area (Å²) in [6.07, 6.45) is 2.47. The Bertz CT molecular complexity index is 182. The summed E-state index contributed by atoms with van der Waals surface area (Å²) in [5.74, 6) is 0. The summed E-state index contributed by atoms with van der Waals surface area (Å²) in [6, 6.07) is 0.155. The highest BCUT2D eigenvalue weighted by atomic mass is 16.6. The quantitative estimate of drug-likeness (QED) is 0.710. The van der Waals surface area contributed by atoms with Gasteiger partial charge in [-0.25, -0.2) is 0 Å². The molecule has 0 radical (unpaired) electrons. The van der Waals surface area contributed by atoms with Crippen molar-refractivity contribution in [1.29, 1.82) is 0 Å². The van der Waals surface area contributed by atoms with E-state index in [0.29, 0.717) is 6.61 Å². The van der Waals surface area contributed by atoms with Gasteiger partial charge in [0.25, 0.3) is 0 Å². The summed E-state index contributed by atoms with van der Waals surface area (Å²) in [5, 5.41) is 0. The summed E-state index contributed by atoms with van der Waals surface area (Å²) in [5.41, 5.74) is 5.84. The second-order valence-corrected chi connectivity index (χ2v) is 3.98. The van der Waals surface area contributed by atoms with Crippen molar-refractivity contribution in [3.63, 3.8) is 0 Å². The lowest BCUT2D eigenvalue weighted by Crippen LogP contribution is -2.59. The molecule has 1 saturated heterocycles. The largest absolute Gasteiger partial charge is 0.379 e. The fourth-order valence-corrected chi connectivity index (χ4v) is 2.04. The first-order valence-corrected chi connectivity index (χ1v) is 5.41. The van der Waals surface area contributed by atoms with Crippen LogP contribution in [0.4, 0.5) is 0 Å². The lowest BCUT2D eigenvalue weighted by atomic mass is 9.86. The van der Waals surface area contributed by atoms with Crippen LogP contribution in [0.15, 0.2) is 0 Å². The highest BCUT2D eigenvalue weighted by Gasteiger charge is 2.41. The van der Waals surface area contributed by atoms with E-state index in [4.69, 9.17) is 19.9 Å². The zero-order valence-electron chi connectivity index (χ0n) is 8.65. The Labute approximate surface area is 84.7 Å². The molecule has 14 heavy (non-hydrogen) atoms. The smallest absolute Gasteiger partial charge is 0.0988 e. The first-order chi connectivity index (χ1) is 6.81. The molecule has 2 rings (SSSR count). The van der Waals surface area contributed by atoms with Crippen LogP contribution in [0, 0.1) is 0 Å². The van der Waals surface area contributed by atoms with Gasteiger partial charge in [0.15, 0.2) is 0 Å². The second-order valence-electron chi connectivity index (χ2n) is 3.98. The van der Waals surface area contributed by atoms with E-state index in [9.17, 15) is 0 Å². The van der Waals surface area contributed by atoms with Crippen LogP contribution >= 0.6 is 0 Å². The van der Waals surface area contributed by atoms with Crippen molar-refractivity contribution in [2.45, 2.75) is 44.1 Å². The molecule has 2 N–H and O–H groups in total. The number of hydrogen-bond acceptors (Lipinski definition) is 4. The first-order valence-electron chi connectivity index (χ1n) is 5.41. The molecule has 0 spiro atoms. The molecule has 4 nitrogen and oxygen atoms in total. The SMILES string of the molecule is CCOC1C(N)CC1OC1CCOC1. The van der Waals surface area contributed by atoms with Gasteiger partial charge in [0.2, 0.25) is 0 Å². The molecule has 0 amide bonds. The molecular formula is C10H19NO3. The summed E-state index contributed by atoms with van der Waals surface area (Å²) in [7, 11) is 0. The van der Waals surface area contributed by atoms with Gasteiger partial charge < -0.3 is 19.9 Å². The normalized spacial score (nSPS) is 42.4. The van der Waals surface area contributed by atoms with Crippen molar-refractivity contribution in [1.82, 2.24) is 0 Å². The fraction of sp³-hybridized carbons (Fsp3) is 1.00. The van der Waals surface area contributed by atoms with E-state index < -0.39 is 0 Å². The van der Waals surface area contributed by atoms with Gasteiger partial charge in [-0.2, -0.15) is 0 Å². The highest BCUT2D eigenvalue weighted by Crippen LogP contribution is 2.28. The lowest BCUT2D eigenvalue weighted by molar-refractivity contribution is -0.158. The number of nitrogens with two attached hydrogens (primary N) is 1. The molecule has 4 heteroatoms. The maximum Gasteiger partial charge on any atom is 0.0988 e. The van der Waals surface area contributed by atoms with E-state index in [1.165, 1.54) is 0 Å². The Morgan fingerprint density at radius 2 is 2.36 bits per heavy atom. The minimum atomic E-state index is 0.0978. The standard InChI is InChI=1S/C10H19NO3/c1-2-13-10-8(11)5-9(10)14-7-3-4-12-6-7/h7-10H,2-6,11H2,1H3. The molecule has 4 unspecified atom stereocenters. The van der Waals surface area contributed by atoms with Crippen molar-refractivity contribution < 1.29 is 14.2 Å². The molecule has 0 aromatic heterocycles. The number of ether oxygens (including phenoxy) is 3. The minimum absolute atomic E-state index is 0.0978. The van der Waals surface area contributed by atoms with Gasteiger partial charge in [0.1, 0.15) is 0 Å². The molecule has 82 valence electrons. The summed E-state index contributed by atoms with van der Waals surface area (Å²) >= 11 is 0. The predicted molar refractivity (Wildman–Crippen MR) is 52.1 cm³/mol. The maximum atomic E-state index is 5.85. The molecule has 0 bridgehead atoms. The van der Waals surface area contributed by atoms with Crippen LogP contribution in [0.5, 0.6) is 0 Å². The van der Waals surface area contributed by atoms with Crippen LogP contribution in [-0.4, -0.2) is 44.2 Å². The van der Waals surface area contributed by atoms with Gasteiger partial charge in [-0.05, 0) is 19.8 Å². The molecule has 0 aromatic carbocycles. The van der Waals surface area contributed by atoms with Crippen LogP contribution in [0.3, 0.4) is 0 Å². The summed E-state index contributed by atoms with van der Waals surface area (Å²) in [6.45, 7) is 4.24. The maximum absolute atomic E-state index is 5.85. The molecule has 1 heterocycles. The van der Waals surface area contributed by atoms with E-state index in [2.05, 4.69) is 0 Å². The van der Waals surface area contributed by atoms with Gasteiger partial charge >= 0.3 is 0 Å². The van der Waals surface area contributed by atoms with E-state index in [-0.39, 0.29) is 24.4 Å². The molecule has 0 aromatic rings. The topological polar surface area (TPSA) is 53.7 Å². The Morgan fingerprint density at radius 3 is 2.93 bits per heavy atom. The molecule has 1 aliphatic carbocycles. The Kier molecular flexibility index (Phi) is 3.38. The van der Waals surface area contributed by atoms with Crippen LogP contribution in [-0.2, 0) is 14.2 Å². The number of hydrogen-bond donors (Lipinski definition) is 1. The van der Waals surface area contributed by atoms with Crippen LogP contribution < -0.4 is 5.73 Å². The Hall–Kier alpha value is -0.160. The third-order valence-corrected chi connectivity index (χ3v) is 2.91. The van der Waals surface area contributed by atoms with Gasteiger partial charge in [0, 0.05) is 19.3 Å².